The molecule has 2 aliphatic carbocycles. The van der Waals surface area contributed by atoms with E-state index in [9.17, 15) is 0 Å². The Morgan fingerprint density at radius 3 is 1.98 bits per heavy atom. The van der Waals surface area contributed by atoms with E-state index in [-0.39, 0.29) is 5.04 Å². The molecule has 0 aliphatic heterocycles. The molecule has 2 aliphatic rings. The molecule has 2 fully saturated rings. The monoisotopic (exact) mass is 554 g/mol. The summed E-state index contributed by atoms with van der Waals surface area (Å²) in [5.41, 5.74) is 1.66. The van der Waals surface area contributed by atoms with Gasteiger partial charge in [-0.05, 0) is 76.2 Å². The molecule has 0 unspecified atom stereocenters. The van der Waals surface area contributed by atoms with E-state index in [1.807, 2.05) is 0 Å². The summed E-state index contributed by atoms with van der Waals surface area (Å²) in [6, 6.07) is 32.8. The molecule has 0 amide bonds. The van der Waals surface area contributed by atoms with Gasteiger partial charge in [-0.2, -0.15) is 0 Å². The normalized spacial score (nSPS) is 25.9. The summed E-state index contributed by atoms with van der Waals surface area (Å²) >= 11 is 0. The lowest BCUT2D eigenvalue weighted by molar-refractivity contribution is -0.0769. The van der Waals surface area contributed by atoms with Crippen molar-refractivity contribution in [3.8, 4) is 0 Å². The van der Waals surface area contributed by atoms with Crippen LogP contribution in [0.15, 0.2) is 91.0 Å². The first kappa shape index (κ1) is 29.3. The van der Waals surface area contributed by atoms with Gasteiger partial charge in [-0.25, -0.2) is 0 Å². The van der Waals surface area contributed by atoms with Crippen molar-refractivity contribution in [2.75, 3.05) is 6.61 Å². The quantitative estimate of drug-likeness (QED) is 0.234. The van der Waals surface area contributed by atoms with E-state index in [2.05, 4.69) is 126 Å². The van der Waals surface area contributed by atoms with Crippen LogP contribution < -0.4 is 10.4 Å². The van der Waals surface area contributed by atoms with Crippen LogP contribution in [0.3, 0.4) is 0 Å². The van der Waals surface area contributed by atoms with Gasteiger partial charge >= 0.3 is 0 Å². The predicted molar refractivity (Wildman–Crippen MR) is 171 cm³/mol. The van der Waals surface area contributed by atoms with Crippen LogP contribution in [0.5, 0.6) is 0 Å². The molecule has 0 radical (unpaired) electrons. The minimum absolute atomic E-state index is 0.0239. The lowest BCUT2D eigenvalue weighted by atomic mass is 9.61. The predicted octanol–water partition coefficient (Wildman–Crippen LogP) is 8.39. The van der Waals surface area contributed by atoms with Crippen LogP contribution in [0.2, 0.25) is 5.04 Å². The van der Waals surface area contributed by atoms with Gasteiger partial charge in [-0.3, -0.25) is 0 Å². The molecule has 0 heterocycles. The van der Waals surface area contributed by atoms with Gasteiger partial charge in [0.2, 0.25) is 0 Å². The molecule has 5 atom stereocenters. The summed E-state index contributed by atoms with van der Waals surface area (Å²) in [7, 11) is -2.48. The highest BCUT2D eigenvalue weighted by molar-refractivity contribution is 6.99. The Bertz CT molecular complexity index is 1150. The number of benzene rings is 3. The Hall–Kier alpha value is -2.20. The molecule has 214 valence electrons. The fourth-order valence-corrected chi connectivity index (χ4v) is 13.0. The van der Waals surface area contributed by atoms with Gasteiger partial charge in [0.25, 0.3) is 8.32 Å². The molecular weight excluding hydrogens is 504 g/mol. The van der Waals surface area contributed by atoms with Crippen LogP contribution in [0, 0.1) is 23.2 Å². The molecule has 0 aromatic heterocycles. The van der Waals surface area contributed by atoms with Crippen LogP contribution in [0.1, 0.15) is 78.7 Å². The number of fused-ring (bicyclic) bond motifs is 1. The molecule has 3 heteroatoms. The Morgan fingerprint density at radius 2 is 1.40 bits per heavy atom. The van der Waals surface area contributed by atoms with Crippen LogP contribution in [-0.4, -0.2) is 21.0 Å². The summed E-state index contributed by atoms with van der Waals surface area (Å²) in [6.45, 7) is 13.8. The van der Waals surface area contributed by atoms with E-state index in [0.29, 0.717) is 23.4 Å². The summed E-state index contributed by atoms with van der Waals surface area (Å²) in [5.74, 6) is 2.06. The molecule has 0 N–H and O–H groups in total. The van der Waals surface area contributed by atoms with Crippen molar-refractivity contribution in [2.45, 2.75) is 90.9 Å². The smallest absolute Gasteiger partial charge is 0.261 e. The largest absolute Gasteiger partial charge is 0.407 e. The van der Waals surface area contributed by atoms with Crippen LogP contribution in [-0.2, 0) is 15.8 Å². The van der Waals surface area contributed by atoms with E-state index >= 15 is 0 Å². The van der Waals surface area contributed by atoms with Crippen molar-refractivity contribution in [2.24, 2.45) is 23.2 Å². The third kappa shape index (κ3) is 5.75. The van der Waals surface area contributed by atoms with Crippen molar-refractivity contribution in [1.82, 2.24) is 0 Å². The van der Waals surface area contributed by atoms with E-state index in [1.165, 1.54) is 48.0 Å². The van der Waals surface area contributed by atoms with Crippen LogP contribution >= 0.6 is 0 Å². The SMILES string of the molecule is C[C@H](CCO[Si](c1ccccc1)(c1ccccc1)C(C)(C)C)[C@H]1CC[C@H]2[C@@H](OCc3ccccc3)CCC[C@]12C. The van der Waals surface area contributed by atoms with E-state index in [4.69, 9.17) is 9.16 Å². The minimum atomic E-state index is -2.48. The summed E-state index contributed by atoms with van der Waals surface area (Å²) in [6.07, 6.45) is 7.98. The maximum atomic E-state index is 7.29. The first-order valence-electron chi connectivity index (χ1n) is 15.7. The molecular formula is C37H50O2Si. The number of hydrogen-bond donors (Lipinski definition) is 0. The molecule has 0 saturated heterocycles. The topological polar surface area (TPSA) is 18.5 Å². The Morgan fingerprint density at radius 1 is 0.825 bits per heavy atom. The zero-order chi connectivity index (χ0) is 28.2. The summed E-state index contributed by atoms with van der Waals surface area (Å²) in [4.78, 5) is 0. The molecule has 3 aromatic carbocycles. The molecule has 3 aromatic rings. The van der Waals surface area contributed by atoms with Crippen LogP contribution in [0.25, 0.3) is 0 Å². The van der Waals surface area contributed by atoms with Gasteiger partial charge in [-0.1, -0.05) is 132 Å². The highest BCUT2D eigenvalue weighted by Gasteiger charge is 2.53. The number of ether oxygens (including phenoxy) is 1. The molecule has 0 spiro atoms. The molecule has 0 bridgehead atoms. The van der Waals surface area contributed by atoms with Gasteiger partial charge in [0, 0.05) is 6.61 Å². The second kappa shape index (κ2) is 12.3. The Balaban J connectivity index is 1.29. The number of rotatable bonds is 10. The minimum Gasteiger partial charge on any atom is -0.407 e. The van der Waals surface area contributed by atoms with Crippen LogP contribution in [0.4, 0.5) is 0 Å². The Kier molecular flexibility index (Phi) is 9.04. The molecule has 2 nitrogen and oxygen atoms in total. The van der Waals surface area contributed by atoms with Crippen molar-refractivity contribution >= 4 is 18.7 Å². The standard InChI is InChI=1S/C37H50O2Si/c1-29(33-23-24-34-35(22-15-26-37(33,34)5)38-28-30-16-9-6-10-17-30)25-27-39-40(36(2,3)4,31-18-11-7-12-19-31)32-20-13-8-14-21-32/h6-14,16-21,29,33-35H,15,22-28H2,1-5H3/t29-,33-,34+,35+,37-/m1/s1. The highest BCUT2D eigenvalue weighted by Crippen LogP contribution is 2.58. The first-order valence-corrected chi connectivity index (χ1v) is 17.6. The van der Waals surface area contributed by atoms with Crippen molar-refractivity contribution in [1.29, 1.82) is 0 Å². The fraction of sp³-hybridized carbons (Fsp3) is 0.514. The van der Waals surface area contributed by atoms with Gasteiger partial charge in [0.1, 0.15) is 0 Å². The molecule has 2 saturated carbocycles. The Labute approximate surface area is 244 Å². The molecule has 5 rings (SSSR count). The van der Waals surface area contributed by atoms with E-state index in [0.717, 1.165) is 25.6 Å². The second-order valence-corrected chi connectivity index (χ2v) is 18.1. The van der Waals surface area contributed by atoms with E-state index in [1.54, 1.807) is 0 Å². The molecule has 40 heavy (non-hydrogen) atoms. The average Bonchev–Trinajstić information content (AvgIpc) is 3.32. The summed E-state index contributed by atoms with van der Waals surface area (Å²) < 4.78 is 13.9. The summed E-state index contributed by atoms with van der Waals surface area (Å²) in [5, 5.41) is 2.77. The maximum Gasteiger partial charge on any atom is 0.261 e. The zero-order valence-electron chi connectivity index (χ0n) is 25.4. The zero-order valence-corrected chi connectivity index (χ0v) is 26.4. The van der Waals surface area contributed by atoms with Gasteiger partial charge in [-0.15, -0.1) is 0 Å². The fourth-order valence-electron chi connectivity index (χ4n) is 8.43. The van der Waals surface area contributed by atoms with Crippen molar-refractivity contribution in [3.05, 3.63) is 96.6 Å². The lowest BCUT2D eigenvalue weighted by Crippen LogP contribution is -2.66. The first-order chi connectivity index (χ1) is 19.3. The van der Waals surface area contributed by atoms with E-state index < -0.39 is 8.32 Å². The van der Waals surface area contributed by atoms with Crippen molar-refractivity contribution in [3.63, 3.8) is 0 Å². The second-order valence-electron chi connectivity index (χ2n) is 13.8. The highest BCUT2D eigenvalue weighted by atomic mass is 28.4. The average molecular weight is 555 g/mol. The third-order valence-corrected chi connectivity index (χ3v) is 15.5. The lowest BCUT2D eigenvalue weighted by Gasteiger charge is -2.47. The van der Waals surface area contributed by atoms with Gasteiger partial charge in [0.15, 0.2) is 0 Å². The van der Waals surface area contributed by atoms with Gasteiger partial charge in [0.05, 0.1) is 12.7 Å². The number of hydrogen-bond acceptors (Lipinski definition) is 2. The van der Waals surface area contributed by atoms with Crippen molar-refractivity contribution < 1.29 is 9.16 Å². The third-order valence-electron chi connectivity index (χ3n) is 10.4. The maximum absolute atomic E-state index is 7.29. The van der Waals surface area contributed by atoms with Gasteiger partial charge < -0.3 is 9.16 Å².